The largest absolute Gasteiger partial charge is 0.455 e. The molecule has 0 spiro atoms. The van der Waals surface area contributed by atoms with Crippen molar-refractivity contribution in [2.24, 2.45) is 0 Å². The monoisotopic (exact) mass is 752 g/mol. The van der Waals surface area contributed by atoms with Crippen LogP contribution in [-0.4, -0.2) is 23.1 Å². The Morgan fingerprint density at radius 1 is 0.333 bits per heavy atom. The molecule has 278 valence electrons. The SMILES string of the molecule is Nc1c(Oc2ccccc2)c(Oc2ccccc2)c(N)c2c1C(=O)c1ccccc1C2=O.Nc1cc(Oc2ccccc2)c(N)c2c1C(=O)c1ccccc1C2=O. The molecule has 0 aliphatic heterocycles. The van der Waals surface area contributed by atoms with Gasteiger partial charge < -0.3 is 37.1 Å². The van der Waals surface area contributed by atoms with Crippen LogP contribution in [0.3, 0.4) is 0 Å². The van der Waals surface area contributed by atoms with Gasteiger partial charge in [0.2, 0.25) is 0 Å². The third kappa shape index (κ3) is 6.34. The number of carbonyl (C=O) groups is 4. The first kappa shape index (κ1) is 35.8. The lowest BCUT2D eigenvalue weighted by atomic mass is 9.82. The van der Waals surface area contributed by atoms with Crippen molar-refractivity contribution in [1.29, 1.82) is 0 Å². The van der Waals surface area contributed by atoms with E-state index in [4.69, 9.17) is 37.1 Å². The number of anilines is 4. The minimum atomic E-state index is -0.386. The van der Waals surface area contributed by atoms with Crippen molar-refractivity contribution < 1.29 is 33.4 Å². The zero-order chi connectivity index (χ0) is 39.8. The number of hydrogen-bond donors (Lipinski definition) is 4. The molecule has 0 radical (unpaired) electrons. The highest BCUT2D eigenvalue weighted by Gasteiger charge is 2.38. The molecule has 0 aromatic heterocycles. The molecule has 0 amide bonds. The van der Waals surface area contributed by atoms with Crippen molar-refractivity contribution >= 4 is 45.9 Å². The second-order valence-electron chi connectivity index (χ2n) is 13.0. The van der Waals surface area contributed by atoms with E-state index in [2.05, 4.69) is 0 Å². The molecule has 8 N–H and O–H groups in total. The van der Waals surface area contributed by atoms with Crippen LogP contribution in [0.1, 0.15) is 63.7 Å². The number of fused-ring (bicyclic) bond motifs is 4. The fraction of sp³-hybridized carbons (Fsp3) is 0. The first-order chi connectivity index (χ1) is 27.6. The van der Waals surface area contributed by atoms with Gasteiger partial charge in [0.05, 0.1) is 39.3 Å². The average Bonchev–Trinajstić information content (AvgIpc) is 3.24. The molecule has 11 heteroatoms. The quantitative estimate of drug-likeness (QED) is 0.119. The Morgan fingerprint density at radius 3 is 1.00 bits per heavy atom. The number of ether oxygens (including phenoxy) is 3. The lowest BCUT2D eigenvalue weighted by molar-refractivity contribution is 0.0980. The predicted octanol–water partition coefficient (Wildman–Crippen LogP) is 8.63. The van der Waals surface area contributed by atoms with Crippen molar-refractivity contribution in [2.45, 2.75) is 0 Å². The molecular formula is C46H32N4O7. The van der Waals surface area contributed by atoms with Gasteiger partial charge in [-0.1, -0.05) is 103 Å². The summed E-state index contributed by atoms with van der Waals surface area (Å²) in [6.07, 6.45) is 0. The van der Waals surface area contributed by atoms with E-state index in [1.54, 1.807) is 109 Å². The Morgan fingerprint density at radius 2 is 0.632 bits per heavy atom. The average molecular weight is 753 g/mol. The maximum absolute atomic E-state index is 13.3. The molecule has 11 nitrogen and oxygen atoms in total. The van der Waals surface area contributed by atoms with Gasteiger partial charge in [-0.2, -0.15) is 0 Å². The zero-order valence-electron chi connectivity index (χ0n) is 30.0. The number of hydrogen-bond acceptors (Lipinski definition) is 11. The van der Waals surface area contributed by atoms with Gasteiger partial charge in [-0.3, -0.25) is 19.2 Å². The van der Waals surface area contributed by atoms with Crippen molar-refractivity contribution in [3.63, 3.8) is 0 Å². The normalized spacial score (nSPS) is 12.3. The minimum absolute atomic E-state index is 0.00293. The molecule has 0 heterocycles. The summed E-state index contributed by atoms with van der Waals surface area (Å²) in [5.41, 5.74) is 26.9. The smallest absolute Gasteiger partial charge is 0.196 e. The number of carbonyl (C=O) groups excluding carboxylic acids is 4. The van der Waals surface area contributed by atoms with Gasteiger partial charge in [0.1, 0.15) is 17.2 Å². The molecule has 0 saturated carbocycles. The number of nitrogens with two attached hydrogens (primary N) is 4. The minimum Gasteiger partial charge on any atom is -0.455 e. The van der Waals surface area contributed by atoms with Gasteiger partial charge >= 0.3 is 0 Å². The van der Waals surface area contributed by atoms with Crippen LogP contribution in [0.4, 0.5) is 22.7 Å². The second kappa shape index (κ2) is 14.6. The summed E-state index contributed by atoms with van der Waals surface area (Å²) in [6, 6.07) is 41.6. The maximum atomic E-state index is 13.3. The van der Waals surface area contributed by atoms with Gasteiger partial charge in [-0.15, -0.1) is 0 Å². The van der Waals surface area contributed by atoms with Crippen LogP contribution < -0.4 is 37.1 Å². The van der Waals surface area contributed by atoms with Crippen molar-refractivity contribution in [2.75, 3.05) is 22.9 Å². The van der Waals surface area contributed by atoms with Crippen molar-refractivity contribution in [1.82, 2.24) is 0 Å². The van der Waals surface area contributed by atoms with Crippen LogP contribution in [-0.2, 0) is 0 Å². The van der Waals surface area contributed by atoms with E-state index in [9.17, 15) is 19.2 Å². The van der Waals surface area contributed by atoms with Crippen LogP contribution in [0.2, 0.25) is 0 Å². The van der Waals surface area contributed by atoms with Gasteiger partial charge in [0, 0.05) is 34.0 Å². The van der Waals surface area contributed by atoms with Crippen LogP contribution in [0.5, 0.6) is 34.5 Å². The molecule has 0 atom stereocenters. The number of ketones is 4. The van der Waals surface area contributed by atoms with E-state index >= 15 is 0 Å². The summed E-state index contributed by atoms with van der Waals surface area (Å²) in [4.78, 5) is 52.3. The van der Waals surface area contributed by atoms with Crippen molar-refractivity contribution in [3.05, 3.63) is 190 Å². The van der Waals surface area contributed by atoms with Crippen LogP contribution in [0.15, 0.2) is 146 Å². The summed E-state index contributed by atoms with van der Waals surface area (Å²) in [7, 11) is 0. The molecule has 9 rings (SSSR count). The summed E-state index contributed by atoms with van der Waals surface area (Å²) in [5.74, 6) is 0.527. The van der Waals surface area contributed by atoms with E-state index in [0.717, 1.165) is 0 Å². The molecule has 0 fully saturated rings. The third-order valence-electron chi connectivity index (χ3n) is 9.48. The van der Waals surface area contributed by atoms with Gasteiger partial charge in [0.15, 0.2) is 40.4 Å². The van der Waals surface area contributed by atoms with E-state index < -0.39 is 0 Å². The fourth-order valence-corrected chi connectivity index (χ4v) is 6.80. The molecule has 0 unspecified atom stereocenters. The Labute approximate surface area is 326 Å². The maximum Gasteiger partial charge on any atom is 0.196 e. The van der Waals surface area contributed by atoms with Gasteiger partial charge in [-0.25, -0.2) is 0 Å². The molecule has 7 aromatic rings. The molecule has 2 aliphatic carbocycles. The molecule has 7 aromatic carbocycles. The first-order valence-corrected chi connectivity index (χ1v) is 17.7. The molecule has 0 bridgehead atoms. The molecule has 57 heavy (non-hydrogen) atoms. The van der Waals surface area contributed by atoms with Crippen LogP contribution in [0, 0.1) is 0 Å². The number of rotatable bonds is 6. The lowest BCUT2D eigenvalue weighted by Crippen LogP contribution is -2.24. The third-order valence-corrected chi connectivity index (χ3v) is 9.48. The van der Waals surface area contributed by atoms with E-state index in [1.807, 2.05) is 30.3 Å². The summed E-state index contributed by atoms with van der Waals surface area (Å²) in [6.45, 7) is 0. The van der Waals surface area contributed by atoms with Gasteiger partial charge in [-0.05, 0) is 36.4 Å². The van der Waals surface area contributed by atoms with Crippen LogP contribution >= 0.6 is 0 Å². The van der Waals surface area contributed by atoms with Crippen molar-refractivity contribution in [3.8, 4) is 34.5 Å². The number of nitrogen functional groups attached to an aromatic ring is 4. The second-order valence-corrected chi connectivity index (χ2v) is 13.0. The number of para-hydroxylation sites is 3. The van der Waals surface area contributed by atoms with Crippen LogP contribution in [0.25, 0.3) is 0 Å². The summed E-state index contributed by atoms with van der Waals surface area (Å²) >= 11 is 0. The first-order valence-electron chi connectivity index (χ1n) is 17.7. The standard InChI is InChI=1S/C26H18N2O4.C20H14N2O3/c27-21-19-20(24(30)18-14-8-7-13-17(18)23(19)29)22(28)26(32-16-11-5-2-6-12-16)25(21)31-15-9-3-1-4-10-15;21-14-10-15(25-11-6-2-1-3-7-11)18(22)17-16(14)19(23)12-8-4-5-9-13(12)20(17)24/h1-14H,27-28H2;1-10H,21-22H2. The summed E-state index contributed by atoms with van der Waals surface area (Å²) in [5, 5.41) is 0. The fourth-order valence-electron chi connectivity index (χ4n) is 6.80. The van der Waals surface area contributed by atoms with E-state index in [1.165, 1.54) is 6.07 Å². The Balaban J connectivity index is 0.000000165. The highest BCUT2D eigenvalue weighted by molar-refractivity contribution is 6.33. The lowest BCUT2D eigenvalue weighted by Gasteiger charge is -2.25. The Bertz CT molecular complexity index is 2670. The van der Waals surface area contributed by atoms with E-state index in [0.29, 0.717) is 28.4 Å². The number of benzene rings is 7. The Hall–Kier alpha value is -8.18. The van der Waals surface area contributed by atoms with Gasteiger partial charge in [0.25, 0.3) is 0 Å². The Kier molecular flexibility index (Phi) is 9.16. The molecule has 2 aliphatic rings. The zero-order valence-corrected chi connectivity index (χ0v) is 30.0. The summed E-state index contributed by atoms with van der Waals surface area (Å²) < 4.78 is 17.8. The highest BCUT2D eigenvalue weighted by Crippen LogP contribution is 2.50. The predicted molar refractivity (Wildman–Crippen MR) is 217 cm³/mol. The molecular weight excluding hydrogens is 721 g/mol. The molecule has 0 saturated heterocycles. The highest BCUT2D eigenvalue weighted by atomic mass is 16.5. The topological polar surface area (TPSA) is 200 Å². The van der Waals surface area contributed by atoms with E-state index in [-0.39, 0.29) is 96.5 Å².